The number of benzene rings is 2. The number of amides is 2. The molecule has 0 saturated heterocycles. The van der Waals surface area contributed by atoms with Crippen molar-refractivity contribution in [3.8, 4) is 34.3 Å². The van der Waals surface area contributed by atoms with E-state index in [0.29, 0.717) is 51.1 Å². The Labute approximate surface area is 246 Å². The lowest BCUT2D eigenvalue weighted by molar-refractivity contribution is 0.262. The van der Waals surface area contributed by atoms with Gasteiger partial charge in [0.1, 0.15) is 39.8 Å². The topological polar surface area (TPSA) is 123 Å². The van der Waals surface area contributed by atoms with E-state index < -0.39 is 11.8 Å². The maximum absolute atomic E-state index is 15.1. The summed E-state index contributed by atoms with van der Waals surface area (Å²) in [6, 6.07) is 12.0. The number of urea groups is 1. The third-order valence-electron chi connectivity index (χ3n) is 6.29. The molecule has 216 valence electrons. The number of ether oxygens (including phenoxy) is 3. The Balaban J connectivity index is 1.36. The highest BCUT2D eigenvalue weighted by Crippen LogP contribution is 2.38. The normalized spacial score (nSPS) is 11.3. The summed E-state index contributed by atoms with van der Waals surface area (Å²) >= 11 is 6.30. The fourth-order valence-electron chi connectivity index (χ4n) is 4.17. The first-order valence-corrected chi connectivity index (χ1v) is 13.2. The van der Waals surface area contributed by atoms with Crippen LogP contribution in [0, 0.1) is 5.82 Å². The Morgan fingerprint density at radius 2 is 1.71 bits per heavy atom. The zero-order valence-electron chi connectivity index (χ0n) is 23.5. The van der Waals surface area contributed by atoms with Gasteiger partial charge in [0.15, 0.2) is 11.5 Å². The number of aromatic amines is 1. The number of hydrogen-bond acceptors (Lipinski definition) is 7. The monoisotopic (exact) mass is 590 g/mol. The number of aromatic nitrogens is 4. The Bertz CT molecular complexity index is 1790. The molecule has 2 aromatic carbocycles. The summed E-state index contributed by atoms with van der Waals surface area (Å²) in [5, 5.41) is 6.13. The van der Waals surface area contributed by atoms with Crippen LogP contribution in [0.25, 0.3) is 22.2 Å². The van der Waals surface area contributed by atoms with Crippen LogP contribution < -0.4 is 24.8 Å². The number of fused-ring (bicyclic) bond motifs is 1. The van der Waals surface area contributed by atoms with Gasteiger partial charge >= 0.3 is 6.03 Å². The minimum Gasteiger partial charge on any atom is -0.493 e. The van der Waals surface area contributed by atoms with Crippen molar-refractivity contribution < 1.29 is 23.4 Å². The first-order valence-electron chi connectivity index (χ1n) is 12.8. The zero-order chi connectivity index (χ0) is 30.0. The molecule has 0 aliphatic heterocycles. The largest absolute Gasteiger partial charge is 0.493 e. The van der Waals surface area contributed by atoms with E-state index in [1.807, 2.05) is 20.8 Å². The van der Waals surface area contributed by atoms with Crippen molar-refractivity contribution in [2.24, 2.45) is 0 Å². The van der Waals surface area contributed by atoms with Crippen LogP contribution in [-0.2, 0) is 5.41 Å². The van der Waals surface area contributed by atoms with Crippen LogP contribution in [0.3, 0.4) is 0 Å². The lowest BCUT2D eigenvalue weighted by Gasteiger charge is -2.14. The molecule has 5 rings (SSSR count). The molecule has 10 nitrogen and oxygen atoms in total. The first kappa shape index (κ1) is 28.6. The van der Waals surface area contributed by atoms with Crippen LogP contribution >= 0.6 is 11.6 Å². The highest BCUT2D eigenvalue weighted by Gasteiger charge is 2.24. The number of rotatable bonds is 7. The van der Waals surface area contributed by atoms with Gasteiger partial charge in [-0.1, -0.05) is 32.4 Å². The molecular formula is C30H28ClFN6O4. The van der Waals surface area contributed by atoms with Crippen molar-refractivity contribution in [3.63, 3.8) is 0 Å². The summed E-state index contributed by atoms with van der Waals surface area (Å²) in [6.45, 7) is 5.93. The average molecular weight is 591 g/mol. The number of carbonyl (C=O) groups excluding carboxylic acids is 1. The van der Waals surface area contributed by atoms with Crippen LogP contribution in [0.4, 0.5) is 20.7 Å². The molecule has 0 unspecified atom stereocenters. The number of nitrogens with zero attached hydrogens (tertiary/aromatic N) is 3. The molecule has 0 aliphatic rings. The van der Waals surface area contributed by atoms with Gasteiger partial charge in [-0.2, -0.15) is 0 Å². The second-order valence-corrected chi connectivity index (χ2v) is 10.6. The molecule has 3 N–H and O–H groups in total. The molecule has 0 fully saturated rings. The number of pyridine rings is 2. The van der Waals surface area contributed by atoms with Crippen molar-refractivity contribution in [1.29, 1.82) is 0 Å². The summed E-state index contributed by atoms with van der Waals surface area (Å²) in [5.41, 5.74) is 1.16. The van der Waals surface area contributed by atoms with Crippen molar-refractivity contribution in [2.75, 3.05) is 24.9 Å². The zero-order valence-corrected chi connectivity index (χ0v) is 24.3. The summed E-state index contributed by atoms with van der Waals surface area (Å²) in [4.78, 5) is 29.2. The van der Waals surface area contributed by atoms with E-state index in [9.17, 15) is 4.79 Å². The van der Waals surface area contributed by atoms with Crippen molar-refractivity contribution in [1.82, 2.24) is 19.9 Å². The first-order chi connectivity index (χ1) is 20.1. The molecule has 0 radical (unpaired) electrons. The summed E-state index contributed by atoms with van der Waals surface area (Å²) in [7, 11) is 3.07. The van der Waals surface area contributed by atoms with E-state index in [1.165, 1.54) is 26.4 Å². The number of methoxy groups -OCH3 is 2. The van der Waals surface area contributed by atoms with Crippen molar-refractivity contribution in [3.05, 3.63) is 77.7 Å². The van der Waals surface area contributed by atoms with E-state index in [0.717, 1.165) is 0 Å². The predicted octanol–water partition coefficient (Wildman–Crippen LogP) is 7.56. The lowest BCUT2D eigenvalue weighted by atomic mass is 9.96. The van der Waals surface area contributed by atoms with Gasteiger partial charge in [0.25, 0.3) is 0 Å². The van der Waals surface area contributed by atoms with Gasteiger partial charge < -0.3 is 24.5 Å². The molecule has 0 aliphatic carbocycles. The van der Waals surface area contributed by atoms with Gasteiger partial charge in [0.05, 0.1) is 25.4 Å². The highest BCUT2D eigenvalue weighted by molar-refractivity contribution is 6.32. The number of imidazole rings is 1. The van der Waals surface area contributed by atoms with Crippen LogP contribution in [0.2, 0.25) is 5.15 Å². The van der Waals surface area contributed by atoms with E-state index in [4.69, 9.17) is 25.8 Å². The summed E-state index contributed by atoms with van der Waals surface area (Å²) in [5.74, 6) is 1.90. The predicted molar refractivity (Wildman–Crippen MR) is 159 cm³/mol. The maximum Gasteiger partial charge on any atom is 0.324 e. The minimum atomic E-state index is -0.698. The fourth-order valence-corrected chi connectivity index (χ4v) is 4.38. The Hall–Kier alpha value is -4.90. The van der Waals surface area contributed by atoms with Crippen molar-refractivity contribution >= 4 is 40.0 Å². The number of H-pyrrole nitrogens is 1. The second-order valence-electron chi connectivity index (χ2n) is 10.3. The lowest BCUT2D eigenvalue weighted by Crippen LogP contribution is -2.21. The summed E-state index contributed by atoms with van der Waals surface area (Å²) < 4.78 is 31.8. The molecule has 0 bridgehead atoms. The van der Waals surface area contributed by atoms with Crippen LogP contribution in [-0.4, -0.2) is 40.2 Å². The third kappa shape index (κ3) is 5.91. The quantitative estimate of drug-likeness (QED) is 0.167. The molecule has 5 aromatic rings. The summed E-state index contributed by atoms with van der Waals surface area (Å²) in [6.07, 6.45) is 3.14. The van der Waals surface area contributed by atoms with Crippen LogP contribution in [0.15, 0.2) is 60.9 Å². The van der Waals surface area contributed by atoms with Crippen molar-refractivity contribution in [2.45, 2.75) is 26.2 Å². The number of anilines is 2. The highest BCUT2D eigenvalue weighted by atomic mass is 35.5. The number of nitrogens with one attached hydrogen (secondary N) is 3. The molecule has 42 heavy (non-hydrogen) atoms. The van der Waals surface area contributed by atoms with E-state index in [2.05, 4.69) is 30.6 Å². The van der Waals surface area contributed by atoms with Gasteiger partial charge in [0, 0.05) is 40.9 Å². The Morgan fingerprint density at radius 3 is 2.40 bits per heavy atom. The molecule has 0 saturated carbocycles. The molecule has 0 atom stereocenters. The average Bonchev–Trinajstić information content (AvgIpc) is 3.38. The molecule has 3 heterocycles. The van der Waals surface area contributed by atoms with E-state index in [1.54, 1.807) is 48.8 Å². The number of hydrogen-bond donors (Lipinski definition) is 3. The number of carbonyl (C=O) groups is 1. The molecular weight excluding hydrogens is 563 g/mol. The molecule has 12 heteroatoms. The van der Waals surface area contributed by atoms with E-state index >= 15 is 4.39 Å². The standard InChI is InChI=1S/C30H28ClFN6O4/c1-30(2,3)28-36-25(17-7-6-11-34-26(17)31)27(37-28)38-29(39)35-20-9-8-16(13-19(20)32)42-22-10-12-33-21-15-24(41-5)23(40-4)14-18(21)22/h6-15H,1-5H3,(H,36,37)(H2,35,38,39). The SMILES string of the molecule is COc1cc2nccc(Oc3ccc(NC(=O)Nc4[nH]c(C(C)(C)C)nc4-c4cccnc4Cl)c(F)c3)c2cc1OC. The van der Waals surface area contributed by atoms with Gasteiger partial charge in [-0.05, 0) is 36.4 Å². The second kappa shape index (κ2) is 11.5. The van der Waals surface area contributed by atoms with Gasteiger partial charge in [-0.3, -0.25) is 10.3 Å². The molecule has 3 aromatic heterocycles. The van der Waals surface area contributed by atoms with Crippen LogP contribution in [0.5, 0.6) is 23.0 Å². The van der Waals surface area contributed by atoms with Crippen LogP contribution in [0.1, 0.15) is 26.6 Å². The minimum absolute atomic E-state index is 0.0534. The Kier molecular flexibility index (Phi) is 7.86. The third-order valence-corrected chi connectivity index (χ3v) is 6.59. The smallest absolute Gasteiger partial charge is 0.324 e. The van der Waals surface area contributed by atoms with Gasteiger partial charge in [0.2, 0.25) is 0 Å². The van der Waals surface area contributed by atoms with Gasteiger partial charge in [-0.25, -0.2) is 19.2 Å². The molecule has 2 amide bonds. The fraction of sp³-hybridized carbons (Fsp3) is 0.200. The van der Waals surface area contributed by atoms with E-state index in [-0.39, 0.29) is 22.0 Å². The molecule has 0 spiro atoms. The maximum atomic E-state index is 15.1. The van der Waals surface area contributed by atoms with Gasteiger partial charge in [-0.15, -0.1) is 0 Å². The number of halogens is 2. The Morgan fingerprint density at radius 1 is 0.952 bits per heavy atom.